The summed E-state index contributed by atoms with van der Waals surface area (Å²) in [5.74, 6) is 1.37. The van der Waals surface area contributed by atoms with Gasteiger partial charge in [-0.3, -0.25) is 4.79 Å². The summed E-state index contributed by atoms with van der Waals surface area (Å²) in [7, 11) is 0. The molecule has 7 nitrogen and oxygen atoms in total. The minimum Gasteiger partial charge on any atom is -0.352 e. The van der Waals surface area contributed by atoms with Crippen molar-refractivity contribution in [1.82, 2.24) is 25.2 Å². The van der Waals surface area contributed by atoms with Gasteiger partial charge in [-0.2, -0.15) is 10.1 Å². The molecule has 146 valence electrons. The topological polar surface area (TPSA) is 85.8 Å². The number of rotatable bonds is 7. The Bertz CT molecular complexity index is 1010. The predicted molar refractivity (Wildman–Crippen MR) is 105 cm³/mol. The molecule has 0 aliphatic heterocycles. The third kappa shape index (κ3) is 4.05. The van der Waals surface area contributed by atoms with Gasteiger partial charge in [0.15, 0.2) is 5.82 Å². The summed E-state index contributed by atoms with van der Waals surface area (Å²) in [5, 5.41) is 12.2. The van der Waals surface area contributed by atoms with E-state index >= 15 is 0 Å². The first kappa shape index (κ1) is 19.0. The van der Waals surface area contributed by atoms with Gasteiger partial charge in [-0.05, 0) is 44.4 Å². The molecule has 0 saturated heterocycles. The van der Waals surface area contributed by atoms with Crippen LogP contribution in [0.4, 0.5) is 0 Å². The van der Waals surface area contributed by atoms with Crippen LogP contribution in [0.15, 0.2) is 28.9 Å². The van der Waals surface area contributed by atoms with Crippen LogP contribution in [0.2, 0.25) is 10.0 Å². The van der Waals surface area contributed by atoms with Crippen LogP contribution in [0.25, 0.3) is 5.69 Å². The van der Waals surface area contributed by atoms with Crippen molar-refractivity contribution in [2.75, 3.05) is 6.54 Å². The first-order valence-corrected chi connectivity index (χ1v) is 9.89. The van der Waals surface area contributed by atoms with Crippen molar-refractivity contribution < 1.29 is 9.32 Å². The first-order chi connectivity index (χ1) is 13.5. The molecule has 0 atom stereocenters. The molecule has 0 radical (unpaired) electrons. The fraction of sp³-hybridized carbons (Fsp3) is 0.368. The Hall–Kier alpha value is -2.38. The van der Waals surface area contributed by atoms with E-state index in [1.807, 2.05) is 6.07 Å². The van der Waals surface area contributed by atoms with Crippen molar-refractivity contribution in [1.29, 1.82) is 0 Å². The average Bonchev–Trinajstić information content (AvgIpc) is 3.27. The molecule has 4 rings (SSSR count). The number of nitrogens with zero attached hydrogens (tertiary/aromatic N) is 4. The van der Waals surface area contributed by atoms with Crippen LogP contribution in [0, 0.1) is 6.92 Å². The molecule has 1 aliphatic rings. The zero-order valence-electron chi connectivity index (χ0n) is 15.3. The number of hydrogen-bond donors (Lipinski definition) is 1. The molecule has 1 fully saturated rings. The van der Waals surface area contributed by atoms with Crippen molar-refractivity contribution >= 4 is 29.1 Å². The monoisotopic (exact) mass is 419 g/mol. The molecular weight excluding hydrogens is 401 g/mol. The van der Waals surface area contributed by atoms with E-state index in [4.69, 9.17) is 27.7 Å². The average molecular weight is 420 g/mol. The van der Waals surface area contributed by atoms with Crippen molar-refractivity contribution in [3.63, 3.8) is 0 Å². The van der Waals surface area contributed by atoms with Gasteiger partial charge >= 0.3 is 0 Å². The van der Waals surface area contributed by atoms with Gasteiger partial charge in [0.05, 0.1) is 28.2 Å². The van der Waals surface area contributed by atoms with E-state index in [2.05, 4.69) is 20.6 Å². The number of halogens is 2. The Balaban J connectivity index is 1.47. The molecule has 0 bridgehead atoms. The Labute approximate surface area is 172 Å². The lowest BCUT2D eigenvalue weighted by Gasteiger charge is -2.11. The van der Waals surface area contributed by atoms with Crippen LogP contribution in [0.1, 0.15) is 52.9 Å². The second-order valence-electron chi connectivity index (χ2n) is 6.82. The maximum Gasteiger partial charge on any atom is 0.254 e. The highest BCUT2D eigenvalue weighted by Gasteiger charge is 2.33. The van der Waals surface area contributed by atoms with Gasteiger partial charge in [0.1, 0.15) is 0 Å². The van der Waals surface area contributed by atoms with Crippen LogP contribution in [-0.2, 0) is 6.42 Å². The largest absolute Gasteiger partial charge is 0.352 e. The Morgan fingerprint density at radius 1 is 1.36 bits per heavy atom. The highest BCUT2D eigenvalue weighted by molar-refractivity contribution is 6.35. The van der Waals surface area contributed by atoms with E-state index in [1.165, 1.54) is 0 Å². The maximum absolute atomic E-state index is 12.7. The zero-order valence-corrected chi connectivity index (χ0v) is 16.8. The van der Waals surface area contributed by atoms with Crippen LogP contribution >= 0.6 is 23.2 Å². The van der Waals surface area contributed by atoms with Crippen molar-refractivity contribution in [2.45, 2.75) is 38.5 Å². The lowest BCUT2D eigenvalue weighted by molar-refractivity contribution is 0.0952. The van der Waals surface area contributed by atoms with Gasteiger partial charge in [0.2, 0.25) is 5.89 Å². The number of nitrogens with one attached hydrogen (secondary N) is 1. The second kappa shape index (κ2) is 7.93. The summed E-state index contributed by atoms with van der Waals surface area (Å²) in [4.78, 5) is 16.9. The second-order valence-corrected chi connectivity index (χ2v) is 7.66. The number of benzene rings is 1. The van der Waals surface area contributed by atoms with Crippen molar-refractivity contribution in [3.05, 3.63) is 57.4 Å². The zero-order chi connectivity index (χ0) is 19.7. The molecular formula is C19H19Cl2N5O2. The number of aromatic nitrogens is 4. The molecule has 9 heteroatoms. The van der Waals surface area contributed by atoms with Gasteiger partial charge in [-0.1, -0.05) is 28.4 Å². The van der Waals surface area contributed by atoms with Gasteiger partial charge in [-0.25, -0.2) is 4.68 Å². The molecule has 1 amide bonds. The number of hydrogen-bond acceptors (Lipinski definition) is 5. The fourth-order valence-electron chi connectivity index (χ4n) is 3.11. The molecule has 1 aliphatic carbocycles. The molecule has 1 saturated carbocycles. The predicted octanol–water partition coefficient (Wildman–Crippen LogP) is 4.11. The van der Waals surface area contributed by atoms with Gasteiger partial charge < -0.3 is 9.84 Å². The number of carbonyl (C=O) groups excluding carboxylic acids is 1. The standard InChI is InChI=1S/C19H19Cl2N5O2/c1-11-24-17(28-25-11)3-2-8-22-19(27)14-10-23-26(18(14)12-4-5-12)16-7-6-13(20)9-15(16)21/h6-7,9-10,12H,2-5,8H2,1H3,(H,22,27). The molecule has 1 N–H and O–H groups in total. The highest BCUT2D eigenvalue weighted by atomic mass is 35.5. The smallest absolute Gasteiger partial charge is 0.254 e. The molecule has 28 heavy (non-hydrogen) atoms. The molecule has 1 aromatic carbocycles. The third-order valence-corrected chi connectivity index (χ3v) is 5.11. The molecule has 2 heterocycles. The molecule has 3 aromatic rings. The summed E-state index contributed by atoms with van der Waals surface area (Å²) in [6, 6.07) is 5.26. The number of amides is 1. The van der Waals surface area contributed by atoms with Crippen molar-refractivity contribution in [3.8, 4) is 5.69 Å². The number of aryl methyl sites for hydroxylation is 2. The molecule has 0 spiro atoms. The van der Waals surface area contributed by atoms with E-state index in [0.29, 0.717) is 52.6 Å². The SMILES string of the molecule is Cc1noc(CCCNC(=O)c2cnn(-c3ccc(Cl)cc3Cl)c2C2CC2)n1. The van der Waals surface area contributed by atoms with Crippen LogP contribution in [-0.4, -0.2) is 32.4 Å². The van der Waals surface area contributed by atoms with Crippen LogP contribution in [0.5, 0.6) is 0 Å². The fourth-order valence-corrected chi connectivity index (χ4v) is 3.59. The van der Waals surface area contributed by atoms with Gasteiger partial charge in [0, 0.05) is 23.9 Å². The van der Waals surface area contributed by atoms with Gasteiger partial charge in [-0.15, -0.1) is 0 Å². The summed E-state index contributed by atoms with van der Waals surface area (Å²) < 4.78 is 6.83. The Morgan fingerprint density at radius 2 is 2.18 bits per heavy atom. The Morgan fingerprint density at radius 3 is 2.86 bits per heavy atom. The molecule has 0 unspecified atom stereocenters. The van der Waals surface area contributed by atoms with E-state index in [-0.39, 0.29) is 5.91 Å². The summed E-state index contributed by atoms with van der Waals surface area (Å²) in [6.07, 6.45) is 5.01. The highest BCUT2D eigenvalue weighted by Crippen LogP contribution is 2.43. The minimum absolute atomic E-state index is 0.139. The third-order valence-electron chi connectivity index (χ3n) is 4.58. The summed E-state index contributed by atoms with van der Waals surface area (Å²) in [5.41, 5.74) is 2.20. The van der Waals surface area contributed by atoms with E-state index in [9.17, 15) is 4.79 Å². The quantitative estimate of drug-likeness (QED) is 0.582. The summed E-state index contributed by atoms with van der Waals surface area (Å²) in [6.45, 7) is 2.29. The minimum atomic E-state index is -0.139. The lowest BCUT2D eigenvalue weighted by Crippen LogP contribution is -2.25. The normalized spacial score (nSPS) is 13.7. The molecule has 2 aromatic heterocycles. The van der Waals surface area contributed by atoms with E-state index < -0.39 is 0 Å². The van der Waals surface area contributed by atoms with E-state index in [0.717, 1.165) is 24.2 Å². The number of carbonyl (C=O) groups is 1. The lowest BCUT2D eigenvalue weighted by atomic mass is 10.1. The van der Waals surface area contributed by atoms with Crippen LogP contribution in [0.3, 0.4) is 0 Å². The van der Waals surface area contributed by atoms with Crippen LogP contribution < -0.4 is 5.32 Å². The van der Waals surface area contributed by atoms with E-state index in [1.54, 1.807) is 29.9 Å². The van der Waals surface area contributed by atoms with Gasteiger partial charge in [0.25, 0.3) is 5.91 Å². The maximum atomic E-state index is 12.7. The Kier molecular flexibility index (Phi) is 5.37. The van der Waals surface area contributed by atoms with Crippen molar-refractivity contribution in [2.24, 2.45) is 0 Å². The summed E-state index contributed by atoms with van der Waals surface area (Å²) >= 11 is 12.3. The first-order valence-electron chi connectivity index (χ1n) is 9.13.